The summed E-state index contributed by atoms with van der Waals surface area (Å²) in [5.74, 6) is 0. The van der Waals surface area contributed by atoms with Gasteiger partial charge in [0.05, 0.1) is 0 Å². The maximum Gasteiger partial charge on any atom is 0.00726 e. The lowest BCUT2D eigenvalue weighted by Crippen LogP contribution is -2.27. The van der Waals surface area contributed by atoms with Gasteiger partial charge in [0.2, 0.25) is 0 Å². The highest BCUT2D eigenvalue weighted by Gasteiger charge is 2.33. The van der Waals surface area contributed by atoms with Crippen molar-refractivity contribution in [2.75, 3.05) is 13.1 Å². The fourth-order valence-corrected chi connectivity index (χ4v) is 2.12. The first-order chi connectivity index (χ1) is 4.55. The molecule has 0 N–H and O–H groups in total. The number of nitrogens with zero attached hydrogens (tertiary/aromatic N) is 1. The molecule has 1 atom stereocenters. The van der Waals surface area contributed by atoms with E-state index in [-0.39, 0.29) is 0 Å². The maximum atomic E-state index is 2.56. The monoisotopic (exact) mass is 141 g/mol. The van der Waals surface area contributed by atoms with E-state index in [9.17, 15) is 0 Å². The fraction of sp³-hybridized carbons (Fsp3) is 1.00. The molecule has 0 amide bonds. The Morgan fingerprint density at radius 2 is 2.10 bits per heavy atom. The lowest BCUT2D eigenvalue weighted by Gasteiger charge is -2.19. The van der Waals surface area contributed by atoms with Crippen LogP contribution in [0.2, 0.25) is 0 Å². The van der Waals surface area contributed by atoms with Crippen LogP contribution in [0.5, 0.6) is 0 Å². The van der Waals surface area contributed by atoms with Crippen LogP contribution in [0.3, 0.4) is 0 Å². The summed E-state index contributed by atoms with van der Waals surface area (Å²) < 4.78 is 0. The summed E-state index contributed by atoms with van der Waals surface area (Å²) >= 11 is 0. The molecular weight excluding hydrogens is 122 g/mol. The largest absolute Gasteiger partial charge is 0.300 e. The molecular formula is C9H19N. The van der Waals surface area contributed by atoms with E-state index in [1.54, 1.807) is 0 Å². The minimum atomic E-state index is 0.565. The van der Waals surface area contributed by atoms with E-state index < -0.39 is 0 Å². The van der Waals surface area contributed by atoms with E-state index in [1.165, 1.54) is 19.5 Å². The first-order valence-electron chi connectivity index (χ1n) is 4.29. The molecule has 1 heteroatoms. The predicted octanol–water partition coefficient (Wildman–Crippen LogP) is 2.13. The molecule has 1 unspecified atom stereocenters. The van der Waals surface area contributed by atoms with Gasteiger partial charge in [-0.1, -0.05) is 20.8 Å². The summed E-state index contributed by atoms with van der Waals surface area (Å²) in [6, 6.07) is 0.806. The van der Waals surface area contributed by atoms with Crippen LogP contribution >= 0.6 is 0 Å². The minimum absolute atomic E-state index is 0.565. The smallest absolute Gasteiger partial charge is 0.00726 e. The van der Waals surface area contributed by atoms with Crippen molar-refractivity contribution >= 4 is 0 Å². The summed E-state index contributed by atoms with van der Waals surface area (Å²) in [5, 5.41) is 0. The minimum Gasteiger partial charge on any atom is -0.300 e. The van der Waals surface area contributed by atoms with Gasteiger partial charge in [-0.3, -0.25) is 0 Å². The normalized spacial score (nSPS) is 33.0. The Bertz CT molecular complexity index is 118. The maximum absolute atomic E-state index is 2.56. The zero-order chi connectivity index (χ0) is 7.78. The van der Waals surface area contributed by atoms with E-state index in [2.05, 4.69) is 32.6 Å². The molecule has 1 heterocycles. The van der Waals surface area contributed by atoms with Crippen LogP contribution in [0.15, 0.2) is 0 Å². The van der Waals surface area contributed by atoms with Gasteiger partial charge >= 0.3 is 0 Å². The summed E-state index contributed by atoms with van der Waals surface area (Å²) in [6.07, 6.45) is 1.36. The molecule has 10 heavy (non-hydrogen) atoms. The van der Waals surface area contributed by atoms with Crippen LogP contribution < -0.4 is 0 Å². The van der Waals surface area contributed by atoms with Crippen molar-refractivity contribution in [3.8, 4) is 0 Å². The fourth-order valence-electron chi connectivity index (χ4n) is 2.12. The van der Waals surface area contributed by atoms with Crippen molar-refractivity contribution < 1.29 is 0 Å². The molecule has 0 bridgehead atoms. The van der Waals surface area contributed by atoms with Crippen molar-refractivity contribution in [1.82, 2.24) is 4.90 Å². The van der Waals surface area contributed by atoms with Gasteiger partial charge in [-0.2, -0.15) is 0 Å². The van der Waals surface area contributed by atoms with Crippen LogP contribution in [0.1, 0.15) is 34.1 Å². The topological polar surface area (TPSA) is 3.24 Å². The lowest BCUT2D eigenvalue weighted by molar-refractivity contribution is 0.266. The number of rotatable bonds is 1. The van der Waals surface area contributed by atoms with Gasteiger partial charge in [-0.15, -0.1) is 0 Å². The van der Waals surface area contributed by atoms with Crippen molar-refractivity contribution in [2.45, 2.75) is 40.2 Å². The third-order valence-electron chi connectivity index (χ3n) is 2.51. The Labute approximate surface area is 64.4 Å². The molecule has 0 aromatic rings. The van der Waals surface area contributed by atoms with Crippen LogP contribution in [0.4, 0.5) is 0 Å². The van der Waals surface area contributed by atoms with E-state index in [1.807, 2.05) is 0 Å². The molecule has 1 aliphatic rings. The average molecular weight is 141 g/mol. The zero-order valence-electron chi connectivity index (χ0n) is 7.65. The quantitative estimate of drug-likeness (QED) is 0.540. The van der Waals surface area contributed by atoms with Crippen molar-refractivity contribution in [3.05, 3.63) is 0 Å². The van der Waals surface area contributed by atoms with E-state index in [0.717, 1.165) is 6.04 Å². The van der Waals surface area contributed by atoms with Gasteiger partial charge in [0.25, 0.3) is 0 Å². The van der Waals surface area contributed by atoms with Crippen LogP contribution in [0, 0.1) is 5.41 Å². The highest BCUT2D eigenvalue weighted by molar-refractivity contribution is 4.87. The van der Waals surface area contributed by atoms with Crippen molar-refractivity contribution in [3.63, 3.8) is 0 Å². The van der Waals surface area contributed by atoms with Crippen LogP contribution in [-0.2, 0) is 0 Å². The Hall–Kier alpha value is -0.0400. The second-order valence-corrected chi connectivity index (χ2v) is 4.28. The van der Waals surface area contributed by atoms with Crippen molar-refractivity contribution in [2.24, 2.45) is 5.41 Å². The molecule has 1 nitrogen and oxygen atoms in total. The summed E-state index contributed by atoms with van der Waals surface area (Å²) in [7, 11) is 0. The predicted molar refractivity (Wildman–Crippen MR) is 45.1 cm³/mol. The number of hydrogen-bond donors (Lipinski definition) is 0. The Morgan fingerprint density at radius 1 is 1.50 bits per heavy atom. The third kappa shape index (κ3) is 1.51. The molecule has 0 aromatic carbocycles. The second kappa shape index (κ2) is 2.54. The van der Waals surface area contributed by atoms with Gasteiger partial charge < -0.3 is 4.90 Å². The summed E-state index contributed by atoms with van der Waals surface area (Å²) in [4.78, 5) is 2.56. The lowest BCUT2D eigenvalue weighted by atomic mass is 9.91. The molecule has 0 saturated carbocycles. The molecule has 1 rings (SSSR count). The van der Waals surface area contributed by atoms with Gasteiger partial charge in [0.15, 0.2) is 0 Å². The Kier molecular flexibility index (Phi) is 2.04. The first-order valence-corrected chi connectivity index (χ1v) is 4.29. The molecule has 0 aromatic heterocycles. The summed E-state index contributed by atoms with van der Waals surface area (Å²) in [6.45, 7) is 11.8. The molecule has 1 aliphatic heterocycles. The SMILES string of the molecule is CCN1CC(C)(C)CC1C. The highest BCUT2D eigenvalue weighted by atomic mass is 15.2. The van der Waals surface area contributed by atoms with E-state index >= 15 is 0 Å². The number of hydrogen-bond acceptors (Lipinski definition) is 1. The molecule has 0 radical (unpaired) electrons. The molecule has 0 aliphatic carbocycles. The Morgan fingerprint density at radius 3 is 2.30 bits per heavy atom. The molecule has 60 valence electrons. The highest BCUT2D eigenvalue weighted by Crippen LogP contribution is 2.32. The van der Waals surface area contributed by atoms with E-state index in [4.69, 9.17) is 0 Å². The Balaban J connectivity index is 2.52. The number of likely N-dealkylation sites (tertiary alicyclic amines) is 1. The van der Waals surface area contributed by atoms with Crippen LogP contribution in [0.25, 0.3) is 0 Å². The standard InChI is InChI=1S/C9H19N/c1-5-10-7-9(3,4)6-8(10)2/h8H,5-7H2,1-4H3. The van der Waals surface area contributed by atoms with Gasteiger partial charge in [-0.05, 0) is 25.3 Å². The van der Waals surface area contributed by atoms with Gasteiger partial charge in [0, 0.05) is 12.6 Å². The molecule has 0 spiro atoms. The molecule has 1 fully saturated rings. The van der Waals surface area contributed by atoms with Crippen molar-refractivity contribution in [1.29, 1.82) is 0 Å². The summed E-state index contributed by atoms with van der Waals surface area (Å²) in [5.41, 5.74) is 0.565. The second-order valence-electron chi connectivity index (χ2n) is 4.28. The van der Waals surface area contributed by atoms with Gasteiger partial charge in [-0.25, -0.2) is 0 Å². The van der Waals surface area contributed by atoms with E-state index in [0.29, 0.717) is 5.41 Å². The average Bonchev–Trinajstić information content (AvgIpc) is 2.05. The van der Waals surface area contributed by atoms with Gasteiger partial charge in [0.1, 0.15) is 0 Å². The first kappa shape index (κ1) is 8.06. The molecule has 1 saturated heterocycles. The zero-order valence-corrected chi connectivity index (χ0v) is 7.65. The third-order valence-corrected chi connectivity index (χ3v) is 2.51. The van der Waals surface area contributed by atoms with Crippen LogP contribution in [-0.4, -0.2) is 24.0 Å².